The summed E-state index contributed by atoms with van der Waals surface area (Å²) in [6.45, 7) is 0.603. The molecule has 184 valence electrons. The lowest BCUT2D eigenvalue weighted by Gasteiger charge is -2.06. The van der Waals surface area contributed by atoms with E-state index in [4.69, 9.17) is 0 Å². The summed E-state index contributed by atoms with van der Waals surface area (Å²) in [6.07, 6.45) is 7.83. The van der Waals surface area contributed by atoms with Crippen molar-refractivity contribution < 1.29 is 23.5 Å². The molecule has 1 heterocycles. The van der Waals surface area contributed by atoms with Crippen LogP contribution in [0.25, 0.3) is 0 Å². The van der Waals surface area contributed by atoms with Crippen LogP contribution in [0.3, 0.4) is 0 Å². The molecular weight excluding hydrogens is 451 g/mol. The number of halogens is 1. The lowest BCUT2D eigenvalue weighted by Crippen LogP contribution is -2.24. The molecule has 2 amide bonds. The third-order valence-electron chi connectivity index (χ3n) is 5.56. The zero-order valence-corrected chi connectivity index (χ0v) is 19.7. The molecule has 0 aromatic heterocycles. The van der Waals surface area contributed by atoms with Gasteiger partial charge in [0.1, 0.15) is 5.82 Å². The third-order valence-corrected chi connectivity index (χ3v) is 5.56. The molecule has 0 fully saturated rings. The summed E-state index contributed by atoms with van der Waals surface area (Å²) in [5.41, 5.74) is 2.16. The van der Waals surface area contributed by atoms with Crippen LogP contribution in [-0.2, 0) is 14.3 Å². The third kappa shape index (κ3) is 7.84. The Balaban J connectivity index is 1.38. The number of unbranched alkanes of at least 4 members (excludes halogenated alkanes) is 5. The molecule has 0 saturated carbocycles. The number of hydrogen-bond acceptors (Lipinski definition) is 6. The standard InChI is InChI=1S/C26H29FN4O4/c1-35-23(32)8-6-4-2-3-5-7-15-28-25(33)19-11-9-18(10-12-19)17-29-31-24-21-16-20(27)13-14-22(21)30-26(24)34/h9-14,16-17H,2-8,15H2,1H3,(H,28,33)(H,30,31,34)/b29-17+. The predicted octanol–water partition coefficient (Wildman–Crippen LogP) is 4.23. The predicted molar refractivity (Wildman–Crippen MR) is 132 cm³/mol. The zero-order chi connectivity index (χ0) is 25.0. The van der Waals surface area contributed by atoms with Gasteiger partial charge < -0.3 is 15.4 Å². The van der Waals surface area contributed by atoms with Crippen molar-refractivity contribution in [2.45, 2.75) is 44.9 Å². The number of esters is 1. The number of methoxy groups -OCH3 is 1. The minimum absolute atomic E-state index is 0.0490. The van der Waals surface area contributed by atoms with E-state index >= 15 is 0 Å². The van der Waals surface area contributed by atoms with Crippen LogP contribution in [0.4, 0.5) is 10.1 Å². The van der Waals surface area contributed by atoms with Crippen LogP contribution in [0, 0.1) is 5.82 Å². The van der Waals surface area contributed by atoms with E-state index in [1.807, 2.05) is 0 Å². The van der Waals surface area contributed by atoms with E-state index in [2.05, 4.69) is 25.6 Å². The minimum Gasteiger partial charge on any atom is -0.469 e. The quantitative estimate of drug-likeness (QED) is 0.205. The Morgan fingerprint density at radius 3 is 2.49 bits per heavy atom. The van der Waals surface area contributed by atoms with Crippen molar-refractivity contribution in [2.75, 3.05) is 19.0 Å². The number of fused-ring (bicyclic) bond motifs is 1. The average Bonchev–Trinajstić information content (AvgIpc) is 3.17. The van der Waals surface area contributed by atoms with Crippen molar-refractivity contribution in [1.82, 2.24) is 5.32 Å². The van der Waals surface area contributed by atoms with Crippen LogP contribution in [0.2, 0.25) is 0 Å². The van der Waals surface area contributed by atoms with Crippen LogP contribution in [0.5, 0.6) is 0 Å². The lowest BCUT2D eigenvalue weighted by atomic mass is 10.1. The monoisotopic (exact) mass is 480 g/mol. The summed E-state index contributed by atoms with van der Waals surface area (Å²) in [5.74, 6) is -1.20. The van der Waals surface area contributed by atoms with Gasteiger partial charge in [-0.3, -0.25) is 14.4 Å². The highest BCUT2D eigenvalue weighted by molar-refractivity contribution is 6.53. The normalized spacial score (nSPS) is 13.7. The molecule has 2 aromatic rings. The maximum Gasteiger partial charge on any atom is 0.305 e. The second kappa shape index (κ2) is 13.1. The molecule has 0 radical (unpaired) electrons. The molecule has 2 N–H and O–H groups in total. The second-order valence-electron chi connectivity index (χ2n) is 8.16. The maximum absolute atomic E-state index is 13.5. The number of hydrogen-bond donors (Lipinski definition) is 2. The molecule has 2 aromatic carbocycles. The first-order valence-electron chi connectivity index (χ1n) is 11.7. The van der Waals surface area contributed by atoms with Crippen LogP contribution >= 0.6 is 0 Å². The van der Waals surface area contributed by atoms with Crippen LogP contribution in [-0.4, -0.2) is 43.4 Å². The molecule has 1 aliphatic heterocycles. The Labute approximate surface area is 203 Å². The summed E-state index contributed by atoms with van der Waals surface area (Å²) in [5, 5.41) is 13.4. The van der Waals surface area contributed by atoms with E-state index in [-0.39, 0.29) is 17.6 Å². The molecule has 0 spiro atoms. The highest BCUT2D eigenvalue weighted by Crippen LogP contribution is 2.24. The zero-order valence-electron chi connectivity index (χ0n) is 19.7. The number of anilines is 1. The molecule has 35 heavy (non-hydrogen) atoms. The lowest BCUT2D eigenvalue weighted by molar-refractivity contribution is -0.140. The van der Waals surface area contributed by atoms with Crippen molar-refractivity contribution in [3.63, 3.8) is 0 Å². The van der Waals surface area contributed by atoms with Crippen molar-refractivity contribution in [2.24, 2.45) is 10.2 Å². The number of carbonyl (C=O) groups is 3. The number of nitrogens with zero attached hydrogens (tertiary/aromatic N) is 2. The summed E-state index contributed by atoms with van der Waals surface area (Å²) < 4.78 is 18.1. The fourth-order valence-electron chi connectivity index (χ4n) is 3.61. The Morgan fingerprint density at radius 1 is 1.03 bits per heavy atom. The smallest absolute Gasteiger partial charge is 0.305 e. The first kappa shape index (κ1) is 25.7. The number of rotatable bonds is 12. The summed E-state index contributed by atoms with van der Waals surface area (Å²) in [4.78, 5) is 35.4. The van der Waals surface area contributed by atoms with Gasteiger partial charge in [-0.05, 0) is 48.7 Å². The van der Waals surface area contributed by atoms with E-state index in [0.717, 1.165) is 38.5 Å². The fraction of sp³-hybridized carbons (Fsp3) is 0.346. The fourth-order valence-corrected chi connectivity index (χ4v) is 3.61. The molecule has 9 heteroatoms. The highest BCUT2D eigenvalue weighted by atomic mass is 19.1. The van der Waals surface area contributed by atoms with E-state index < -0.39 is 11.7 Å². The number of benzene rings is 2. The van der Waals surface area contributed by atoms with Gasteiger partial charge in [0, 0.05) is 24.1 Å². The Hall–Kier alpha value is -3.88. The number of nitrogens with one attached hydrogen (secondary N) is 2. The molecule has 1 aliphatic rings. The topological polar surface area (TPSA) is 109 Å². The molecule has 8 nitrogen and oxygen atoms in total. The van der Waals surface area contributed by atoms with Gasteiger partial charge in [0.2, 0.25) is 0 Å². The summed E-state index contributed by atoms with van der Waals surface area (Å²) >= 11 is 0. The van der Waals surface area contributed by atoms with Gasteiger partial charge in [-0.1, -0.05) is 37.8 Å². The van der Waals surface area contributed by atoms with Gasteiger partial charge >= 0.3 is 5.97 Å². The van der Waals surface area contributed by atoms with Gasteiger partial charge in [0.15, 0.2) is 5.71 Å². The number of amides is 2. The van der Waals surface area contributed by atoms with Crippen molar-refractivity contribution in [1.29, 1.82) is 0 Å². The molecule has 3 rings (SSSR count). The van der Waals surface area contributed by atoms with Crippen LogP contribution in [0.1, 0.15) is 66.4 Å². The first-order chi connectivity index (χ1) is 17.0. The minimum atomic E-state index is -0.460. The average molecular weight is 481 g/mol. The molecular formula is C26H29FN4O4. The second-order valence-corrected chi connectivity index (χ2v) is 8.16. The van der Waals surface area contributed by atoms with Gasteiger partial charge in [-0.2, -0.15) is 5.10 Å². The highest BCUT2D eigenvalue weighted by Gasteiger charge is 2.26. The molecule has 0 aliphatic carbocycles. The van der Waals surface area contributed by atoms with Crippen molar-refractivity contribution in [3.05, 3.63) is 65.0 Å². The van der Waals surface area contributed by atoms with Gasteiger partial charge in [-0.25, -0.2) is 4.39 Å². The van der Waals surface area contributed by atoms with Crippen LogP contribution < -0.4 is 10.6 Å². The molecule has 0 atom stereocenters. The Bertz CT molecular complexity index is 1110. The molecule has 0 saturated heterocycles. The summed E-state index contributed by atoms with van der Waals surface area (Å²) in [6, 6.07) is 10.8. The first-order valence-corrected chi connectivity index (χ1v) is 11.7. The van der Waals surface area contributed by atoms with Gasteiger partial charge in [-0.15, -0.1) is 5.10 Å². The molecule has 0 unspecified atom stereocenters. The SMILES string of the molecule is COC(=O)CCCCCCCCNC(=O)c1ccc(/C=N/N=C2\C(=O)Nc3ccc(F)cc32)cc1. The van der Waals surface area contributed by atoms with E-state index in [1.165, 1.54) is 31.5 Å². The van der Waals surface area contributed by atoms with Crippen LogP contribution in [0.15, 0.2) is 52.7 Å². The maximum atomic E-state index is 13.5. The van der Waals surface area contributed by atoms with E-state index in [9.17, 15) is 18.8 Å². The van der Waals surface area contributed by atoms with Gasteiger partial charge in [0.05, 0.1) is 19.0 Å². The van der Waals surface area contributed by atoms with Gasteiger partial charge in [0.25, 0.3) is 11.8 Å². The largest absolute Gasteiger partial charge is 0.469 e. The van der Waals surface area contributed by atoms with Crippen molar-refractivity contribution >= 4 is 35.4 Å². The number of ether oxygens (including phenoxy) is 1. The molecule has 0 bridgehead atoms. The Kier molecular flexibility index (Phi) is 9.65. The van der Waals surface area contributed by atoms with Crippen molar-refractivity contribution in [3.8, 4) is 0 Å². The van der Waals surface area contributed by atoms with E-state index in [1.54, 1.807) is 24.3 Å². The van der Waals surface area contributed by atoms with E-state index in [0.29, 0.717) is 35.3 Å². The number of carbonyl (C=O) groups excluding carboxylic acids is 3. The Morgan fingerprint density at radius 2 is 1.74 bits per heavy atom. The summed E-state index contributed by atoms with van der Waals surface area (Å²) in [7, 11) is 1.40.